The minimum absolute atomic E-state index is 0.223. The van der Waals surface area contributed by atoms with Crippen molar-refractivity contribution in [1.82, 2.24) is 5.32 Å². The molecule has 0 saturated carbocycles. The van der Waals surface area contributed by atoms with Crippen molar-refractivity contribution in [1.29, 1.82) is 0 Å². The van der Waals surface area contributed by atoms with Gasteiger partial charge in [-0.2, -0.15) is 0 Å². The zero-order valence-corrected chi connectivity index (χ0v) is 16.6. The Kier molecular flexibility index (Phi) is 6.15. The first-order chi connectivity index (χ1) is 12.9. The van der Waals surface area contributed by atoms with E-state index in [0.717, 1.165) is 16.9 Å². The number of amides is 1. The maximum absolute atomic E-state index is 12.3. The molecule has 0 bridgehead atoms. The molecule has 1 aromatic heterocycles. The van der Waals surface area contributed by atoms with Crippen LogP contribution in [0.25, 0.3) is 0 Å². The zero-order chi connectivity index (χ0) is 19.3. The number of rotatable bonds is 7. The van der Waals surface area contributed by atoms with Crippen LogP contribution in [0.15, 0.2) is 70.3 Å². The molecule has 0 aliphatic carbocycles. The molecule has 0 radical (unpaired) electrons. The van der Waals surface area contributed by atoms with Crippen LogP contribution in [-0.2, 0) is 16.4 Å². The topological polar surface area (TPSA) is 75.3 Å². The molecule has 0 unspecified atom stereocenters. The Morgan fingerprint density at radius 3 is 2.52 bits per heavy atom. The van der Waals surface area contributed by atoms with Crippen LogP contribution in [0.4, 0.5) is 5.69 Å². The van der Waals surface area contributed by atoms with E-state index in [2.05, 4.69) is 10.0 Å². The Labute approximate surface area is 167 Å². The van der Waals surface area contributed by atoms with Crippen LogP contribution >= 0.6 is 22.9 Å². The summed E-state index contributed by atoms with van der Waals surface area (Å²) in [5.41, 5.74) is 1.79. The molecule has 3 aromatic rings. The van der Waals surface area contributed by atoms with Gasteiger partial charge in [0.15, 0.2) is 0 Å². The van der Waals surface area contributed by atoms with Gasteiger partial charge in [-0.05, 0) is 53.8 Å². The third kappa shape index (κ3) is 5.32. The number of carbonyl (C=O) groups excluding carboxylic acids is 1. The van der Waals surface area contributed by atoms with Crippen molar-refractivity contribution in [3.63, 3.8) is 0 Å². The predicted molar refractivity (Wildman–Crippen MR) is 109 cm³/mol. The highest BCUT2D eigenvalue weighted by atomic mass is 35.5. The lowest BCUT2D eigenvalue weighted by atomic mass is 10.1. The molecule has 2 aromatic carbocycles. The van der Waals surface area contributed by atoms with E-state index in [1.54, 1.807) is 29.6 Å². The largest absolute Gasteiger partial charge is 0.352 e. The molecule has 3 rings (SSSR count). The number of hydrogen-bond acceptors (Lipinski definition) is 4. The van der Waals surface area contributed by atoms with Crippen LogP contribution in [0.1, 0.15) is 15.9 Å². The van der Waals surface area contributed by atoms with E-state index >= 15 is 0 Å². The van der Waals surface area contributed by atoms with Gasteiger partial charge in [-0.1, -0.05) is 35.9 Å². The summed E-state index contributed by atoms with van der Waals surface area (Å²) in [5, 5.41) is 5.20. The summed E-state index contributed by atoms with van der Waals surface area (Å²) in [4.78, 5) is 12.3. The van der Waals surface area contributed by atoms with Crippen LogP contribution < -0.4 is 10.0 Å². The fraction of sp³-hybridized carbons (Fsp3) is 0.105. The zero-order valence-electron chi connectivity index (χ0n) is 14.2. The summed E-state index contributed by atoms with van der Waals surface area (Å²) in [5.74, 6) is -0.263. The van der Waals surface area contributed by atoms with Crippen molar-refractivity contribution in [3.05, 3.63) is 82.2 Å². The number of sulfonamides is 1. The van der Waals surface area contributed by atoms with Crippen LogP contribution in [0.2, 0.25) is 5.02 Å². The van der Waals surface area contributed by atoms with Crippen LogP contribution in [-0.4, -0.2) is 20.9 Å². The molecule has 27 heavy (non-hydrogen) atoms. The third-order valence-corrected chi connectivity index (χ3v) is 6.78. The number of carbonyl (C=O) groups is 1. The third-order valence-electron chi connectivity index (χ3n) is 3.75. The number of halogens is 1. The van der Waals surface area contributed by atoms with Crippen LogP contribution in [0.5, 0.6) is 0 Å². The molecule has 1 heterocycles. The minimum atomic E-state index is -3.64. The highest BCUT2D eigenvalue weighted by Gasteiger charge is 2.16. The smallest absolute Gasteiger partial charge is 0.271 e. The fourth-order valence-corrected chi connectivity index (χ4v) is 4.59. The molecule has 0 saturated heterocycles. The predicted octanol–water partition coefficient (Wildman–Crippen LogP) is 4.17. The van der Waals surface area contributed by atoms with Gasteiger partial charge >= 0.3 is 0 Å². The summed E-state index contributed by atoms with van der Waals surface area (Å²) in [6, 6.07) is 17.0. The Morgan fingerprint density at radius 2 is 1.81 bits per heavy atom. The summed E-state index contributed by atoms with van der Waals surface area (Å²) < 4.78 is 27.3. The van der Waals surface area contributed by atoms with Gasteiger partial charge in [-0.3, -0.25) is 9.52 Å². The molecule has 8 heteroatoms. The van der Waals surface area contributed by atoms with Gasteiger partial charge in [0.05, 0.1) is 0 Å². The van der Waals surface area contributed by atoms with E-state index in [4.69, 9.17) is 11.6 Å². The van der Waals surface area contributed by atoms with Gasteiger partial charge in [0.2, 0.25) is 0 Å². The van der Waals surface area contributed by atoms with Gasteiger partial charge in [0, 0.05) is 22.8 Å². The second-order valence-electron chi connectivity index (χ2n) is 5.75. The Hall–Kier alpha value is -2.35. The molecular formula is C19H17ClN2O3S2. The first-order valence-electron chi connectivity index (χ1n) is 8.13. The van der Waals surface area contributed by atoms with Crippen LogP contribution in [0, 0.1) is 0 Å². The van der Waals surface area contributed by atoms with E-state index in [-0.39, 0.29) is 10.1 Å². The molecule has 0 spiro atoms. The van der Waals surface area contributed by atoms with Gasteiger partial charge in [-0.15, -0.1) is 11.3 Å². The SMILES string of the molecule is O=C(NCCc1ccc(Cl)cc1)c1cccc(NS(=O)(=O)c2cccs2)c1. The maximum Gasteiger partial charge on any atom is 0.271 e. The van der Waals surface area contributed by atoms with Crippen molar-refractivity contribution in [2.24, 2.45) is 0 Å². The van der Waals surface area contributed by atoms with Crippen molar-refractivity contribution in [3.8, 4) is 0 Å². The summed E-state index contributed by atoms with van der Waals surface area (Å²) in [7, 11) is -3.64. The van der Waals surface area contributed by atoms with E-state index in [0.29, 0.717) is 29.2 Å². The molecule has 2 N–H and O–H groups in total. The second kappa shape index (κ2) is 8.56. The molecule has 0 aliphatic heterocycles. The maximum atomic E-state index is 12.3. The number of anilines is 1. The van der Waals surface area contributed by atoms with E-state index in [9.17, 15) is 13.2 Å². The highest BCUT2D eigenvalue weighted by molar-refractivity contribution is 7.94. The van der Waals surface area contributed by atoms with Gasteiger partial charge in [0.25, 0.3) is 15.9 Å². The quantitative estimate of drug-likeness (QED) is 0.602. The number of nitrogens with one attached hydrogen (secondary N) is 2. The van der Waals surface area contributed by atoms with Crippen molar-refractivity contribution in [2.45, 2.75) is 10.6 Å². The second-order valence-corrected chi connectivity index (χ2v) is 9.04. The molecule has 1 amide bonds. The van der Waals surface area contributed by atoms with Crippen molar-refractivity contribution in [2.75, 3.05) is 11.3 Å². The molecule has 5 nitrogen and oxygen atoms in total. The lowest BCUT2D eigenvalue weighted by molar-refractivity contribution is 0.0954. The normalized spacial score (nSPS) is 11.1. The van der Waals surface area contributed by atoms with Gasteiger partial charge in [-0.25, -0.2) is 8.42 Å². The standard InChI is InChI=1S/C19H17ClN2O3S2/c20-16-8-6-14(7-9-16)10-11-21-19(23)15-3-1-4-17(13-15)22-27(24,25)18-5-2-12-26-18/h1-9,12-13,22H,10-11H2,(H,21,23). The highest BCUT2D eigenvalue weighted by Crippen LogP contribution is 2.20. The summed E-state index contributed by atoms with van der Waals surface area (Å²) in [6.07, 6.45) is 0.674. The first kappa shape index (κ1) is 19.4. The van der Waals surface area contributed by atoms with Crippen LogP contribution in [0.3, 0.4) is 0 Å². The summed E-state index contributed by atoms with van der Waals surface area (Å²) in [6.45, 7) is 0.464. The average Bonchev–Trinajstić information content (AvgIpc) is 3.19. The molecule has 0 aliphatic rings. The number of hydrogen-bond donors (Lipinski definition) is 2. The van der Waals surface area contributed by atoms with Gasteiger partial charge in [0.1, 0.15) is 4.21 Å². The van der Waals surface area contributed by atoms with E-state index in [1.165, 1.54) is 12.1 Å². The lowest BCUT2D eigenvalue weighted by Crippen LogP contribution is -2.25. The minimum Gasteiger partial charge on any atom is -0.352 e. The molecule has 140 valence electrons. The Bertz CT molecular complexity index is 1020. The number of thiophene rings is 1. The van der Waals surface area contributed by atoms with Crippen molar-refractivity contribution >= 4 is 44.6 Å². The monoisotopic (exact) mass is 420 g/mol. The molecular weight excluding hydrogens is 404 g/mol. The first-order valence-corrected chi connectivity index (χ1v) is 10.9. The average molecular weight is 421 g/mol. The molecule has 0 atom stereocenters. The van der Waals surface area contributed by atoms with E-state index < -0.39 is 10.0 Å². The fourth-order valence-electron chi connectivity index (χ4n) is 2.42. The van der Waals surface area contributed by atoms with Crippen molar-refractivity contribution < 1.29 is 13.2 Å². The lowest BCUT2D eigenvalue weighted by Gasteiger charge is -2.09. The van der Waals surface area contributed by atoms with Gasteiger partial charge < -0.3 is 5.32 Å². The molecule has 0 fully saturated rings. The van der Waals surface area contributed by atoms with E-state index in [1.807, 2.05) is 24.3 Å². The summed E-state index contributed by atoms with van der Waals surface area (Å²) >= 11 is 6.98. The Balaban J connectivity index is 1.61. The number of benzene rings is 2. The Morgan fingerprint density at radius 1 is 1.04 bits per heavy atom.